The van der Waals surface area contributed by atoms with Gasteiger partial charge in [0, 0.05) is 12.4 Å². The van der Waals surface area contributed by atoms with Crippen LogP contribution < -0.4 is 5.73 Å². The molecular formula is C12H10F3N3. The molecule has 0 amide bonds. The minimum absolute atomic E-state index is 0.00880. The zero-order valence-electron chi connectivity index (χ0n) is 9.22. The van der Waals surface area contributed by atoms with E-state index in [1.807, 2.05) is 0 Å². The number of rotatable bonds is 2. The van der Waals surface area contributed by atoms with E-state index >= 15 is 0 Å². The number of aromatic nitrogens is 2. The van der Waals surface area contributed by atoms with Crippen LogP contribution in [0, 0.1) is 0 Å². The lowest BCUT2D eigenvalue weighted by atomic mass is 9.98. The molecule has 2 aromatic rings. The summed E-state index contributed by atoms with van der Waals surface area (Å²) in [4.78, 5) is 7.72. The van der Waals surface area contributed by atoms with E-state index in [9.17, 15) is 13.2 Å². The molecule has 0 saturated carbocycles. The Morgan fingerprint density at radius 1 is 1.11 bits per heavy atom. The van der Waals surface area contributed by atoms with E-state index in [-0.39, 0.29) is 5.56 Å². The standard InChI is InChI=1S/C12H10F3N3/c13-12(14,15)9-4-2-1-3-8(9)11(16)10-7-17-5-6-18-10/h1-7,11H,16H2. The highest BCUT2D eigenvalue weighted by Gasteiger charge is 2.34. The third-order valence-electron chi connectivity index (χ3n) is 2.50. The van der Waals surface area contributed by atoms with E-state index in [0.717, 1.165) is 6.07 Å². The zero-order valence-corrected chi connectivity index (χ0v) is 9.22. The van der Waals surface area contributed by atoms with Crippen molar-refractivity contribution in [1.82, 2.24) is 9.97 Å². The first-order chi connectivity index (χ1) is 8.50. The molecule has 0 bridgehead atoms. The molecule has 1 unspecified atom stereocenters. The van der Waals surface area contributed by atoms with Crippen LogP contribution in [0.1, 0.15) is 22.9 Å². The summed E-state index contributed by atoms with van der Waals surface area (Å²) >= 11 is 0. The molecule has 0 radical (unpaired) electrons. The molecule has 0 fully saturated rings. The fourth-order valence-corrected chi connectivity index (χ4v) is 1.66. The Bertz CT molecular complexity index is 526. The van der Waals surface area contributed by atoms with Crippen molar-refractivity contribution in [3.8, 4) is 0 Å². The van der Waals surface area contributed by atoms with Crippen LogP contribution >= 0.6 is 0 Å². The SMILES string of the molecule is NC(c1cnccn1)c1ccccc1C(F)(F)F. The van der Waals surface area contributed by atoms with Crippen molar-refractivity contribution in [2.24, 2.45) is 5.73 Å². The first-order valence-corrected chi connectivity index (χ1v) is 5.18. The van der Waals surface area contributed by atoms with Gasteiger partial charge in [-0.3, -0.25) is 9.97 Å². The molecule has 1 atom stereocenters. The first kappa shape index (κ1) is 12.5. The molecule has 0 spiro atoms. The molecule has 1 aromatic heterocycles. The van der Waals surface area contributed by atoms with Crippen molar-refractivity contribution in [2.45, 2.75) is 12.2 Å². The molecule has 2 N–H and O–H groups in total. The van der Waals surface area contributed by atoms with E-state index in [0.29, 0.717) is 5.69 Å². The van der Waals surface area contributed by atoms with E-state index in [1.54, 1.807) is 0 Å². The Hall–Kier alpha value is -1.95. The molecule has 94 valence electrons. The highest BCUT2D eigenvalue weighted by Crippen LogP contribution is 2.35. The molecule has 0 aliphatic heterocycles. The predicted octanol–water partition coefficient (Wildman–Crippen LogP) is 2.54. The van der Waals surface area contributed by atoms with Gasteiger partial charge in [0.15, 0.2) is 0 Å². The van der Waals surface area contributed by atoms with Crippen molar-refractivity contribution in [3.63, 3.8) is 0 Å². The quantitative estimate of drug-likeness (QED) is 0.894. The van der Waals surface area contributed by atoms with Crippen LogP contribution in [0.25, 0.3) is 0 Å². The summed E-state index contributed by atoms with van der Waals surface area (Å²) in [6.45, 7) is 0. The average molecular weight is 253 g/mol. The number of benzene rings is 1. The number of hydrogen-bond acceptors (Lipinski definition) is 3. The van der Waals surface area contributed by atoms with Gasteiger partial charge in [-0.15, -0.1) is 0 Å². The molecule has 18 heavy (non-hydrogen) atoms. The van der Waals surface area contributed by atoms with Crippen LogP contribution in [-0.4, -0.2) is 9.97 Å². The van der Waals surface area contributed by atoms with E-state index in [2.05, 4.69) is 9.97 Å². The van der Waals surface area contributed by atoms with Gasteiger partial charge in [-0.1, -0.05) is 18.2 Å². The van der Waals surface area contributed by atoms with Crippen molar-refractivity contribution in [3.05, 3.63) is 59.7 Å². The molecule has 3 nitrogen and oxygen atoms in total. The van der Waals surface area contributed by atoms with Crippen LogP contribution in [0.5, 0.6) is 0 Å². The monoisotopic (exact) mass is 253 g/mol. The topological polar surface area (TPSA) is 51.8 Å². The Kier molecular flexibility index (Phi) is 3.29. The molecule has 1 heterocycles. The minimum atomic E-state index is -4.43. The summed E-state index contributed by atoms with van der Waals surface area (Å²) in [5, 5.41) is 0. The van der Waals surface area contributed by atoms with Gasteiger partial charge in [-0.25, -0.2) is 0 Å². The predicted molar refractivity (Wildman–Crippen MR) is 59.5 cm³/mol. The van der Waals surface area contributed by atoms with Crippen LogP contribution in [0.3, 0.4) is 0 Å². The second-order valence-electron chi connectivity index (χ2n) is 3.69. The fourth-order valence-electron chi connectivity index (χ4n) is 1.66. The maximum absolute atomic E-state index is 12.8. The van der Waals surface area contributed by atoms with Crippen LogP contribution in [0.2, 0.25) is 0 Å². The van der Waals surface area contributed by atoms with Crippen LogP contribution in [-0.2, 0) is 6.18 Å². The Balaban J connectivity index is 2.46. The van der Waals surface area contributed by atoms with Gasteiger partial charge >= 0.3 is 6.18 Å². The smallest absolute Gasteiger partial charge is 0.319 e. The molecule has 0 aliphatic rings. The third kappa shape index (κ3) is 2.48. The Morgan fingerprint density at radius 3 is 2.44 bits per heavy atom. The van der Waals surface area contributed by atoms with Crippen LogP contribution in [0.15, 0.2) is 42.9 Å². The number of alkyl halides is 3. The third-order valence-corrected chi connectivity index (χ3v) is 2.50. The maximum atomic E-state index is 12.8. The molecule has 2 rings (SSSR count). The summed E-state index contributed by atoms with van der Waals surface area (Å²) in [6, 6.07) is 4.25. The molecular weight excluding hydrogens is 243 g/mol. The maximum Gasteiger partial charge on any atom is 0.416 e. The van der Waals surface area contributed by atoms with Gasteiger partial charge in [0.25, 0.3) is 0 Å². The van der Waals surface area contributed by atoms with Crippen LogP contribution in [0.4, 0.5) is 13.2 Å². The second-order valence-corrected chi connectivity index (χ2v) is 3.69. The van der Waals surface area contributed by atoms with Crippen molar-refractivity contribution in [1.29, 1.82) is 0 Å². The lowest BCUT2D eigenvalue weighted by Crippen LogP contribution is -2.19. The van der Waals surface area contributed by atoms with Gasteiger partial charge in [0.2, 0.25) is 0 Å². The Morgan fingerprint density at radius 2 is 1.83 bits per heavy atom. The van der Waals surface area contributed by atoms with E-state index in [1.165, 1.54) is 36.8 Å². The molecule has 0 aliphatic carbocycles. The summed E-state index contributed by atoms with van der Waals surface area (Å²) < 4.78 is 38.5. The minimum Gasteiger partial charge on any atom is -0.319 e. The number of halogens is 3. The highest BCUT2D eigenvalue weighted by molar-refractivity contribution is 5.36. The average Bonchev–Trinajstić information content (AvgIpc) is 2.38. The number of hydrogen-bond donors (Lipinski definition) is 1. The second kappa shape index (κ2) is 4.73. The summed E-state index contributed by atoms with van der Waals surface area (Å²) in [7, 11) is 0. The van der Waals surface area contributed by atoms with E-state index < -0.39 is 17.8 Å². The summed E-state index contributed by atoms with van der Waals surface area (Å²) in [6.07, 6.45) is -0.245. The molecule has 6 heteroatoms. The molecule has 0 saturated heterocycles. The van der Waals surface area contributed by atoms with Crippen molar-refractivity contribution >= 4 is 0 Å². The summed E-state index contributed by atoms with van der Waals surface area (Å²) in [5.74, 6) is 0. The lowest BCUT2D eigenvalue weighted by molar-refractivity contribution is -0.138. The van der Waals surface area contributed by atoms with Gasteiger partial charge in [-0.2, -0.15) is 13.2 Å². The Labute approximate surface area is 101 Å². The first-order valence-electron chi connectivity index (χ1n) is 5.18. The van der Waals surface area contributed by atoms with Crippen molar-refractivity contribution < 1.29 is 13.2 Å². The summed E-state index contributed by atoms with van der Waals surface area (Å²) in [5.41, 5.74) is 5.36. The lowest BCUT2D eigenvalue weighted by Gasteiger charge is -2.17. The van der Waals surface area contributed by atoms with Gasteiger partial charge < -0.3 is 5.73 Å². The highest BCUT2D eigenvalue weighted by atomic mass is 19.4. The normalized spacial score (nSPS) is 13.3. The number of nitrogens with zero attached hydrogens (tertiary/aromatic N) is 2. The number of nitrogens with two attached hydrogens (primary N) is 1. The van der Waals surface area contributed by atoms with Crippen molar-refractivity contribution in [2.75, 3.05) is 0 Å². The van der Waals surface area contributed by atoms with Gasteiger partial charge in [0.05, 0.1) is 23.5 Å². The van der Waals surface area contributed by atoms with Gasteiger partial charge in [0.1, 0.15) is 0 Å². The fraction of sp³-hybridized carbons (Fsp3) is 0.167. The largest absolute Gasteiger partial charge is 0.416 e. The molecule has 1 aromatic carbocycles. The van der Waals surface area contributed by atoms with E-state index in [4.69, 9.17) is 5.73 Å². The zero-order chi connectivity index (χ0) is 13.2. The van der Waals surface area contributed by atoms with Gasteiger partial charge in [-0.05, 0) is 11.6 Å².